The molecule has 0 aliphatic carbocycles. The van der Waals surface area contributed by atoms with E-state index < -0.39 is 23.8 Å². The van der Waals surface area contributed by atoms with Crippen LogP contribution in [0.25, 0.3) is 0 Å². The Hall–Kier alpha value is -2.04. The Balaban J connectivity index is 2.83. The molecule has 0 aromatic heterocycles. The van der Waals surface area contributed by atoms with E-state index in [-0.39, 0.29) is 40.0 Å². The Labute approximate surface area is 304 Å². The van der Waals surface area contributed by atoms with Gasteiger partial charge in [0.25, 0.3) is 0 Å². The number of benzene rings is 2. The van der Waals surface area contributed by atoms with Crippen LogP contribution in [0.2, 0.25) is 4.25 Å². The van der Waals surface area contributed by atoms with Crippen molar-refractivity contribution < 1.29 is 18.4 Å². The van der Waals surface area contributed by atoms with Gasteiger partial charge in [-0.2, -0.15) is 0 Å². The second-order valence-corrected chi connectivity index (χ2v) is 29.9. The van der Waals surface area contributed by atoms with Crippen LogP contribution in [-0.4, -0.2) is 35.9 Å². The summed E-state index contributed by atoms with van der Waals surface area (Å²) in [5.74, 6) is -0.470. The summed E-state index contributed by atoms with van der Waals surface area (Å²) in [4.78, 5) is 14.1. The Bertz CT molecular complexity index is 1550. The van der Waals surface area contributed by atoms with E-state index in [1.807, 2.05) is 0 Å². The van der Waals surface area contributed by atoms with Gasteiger partial charge in [0.1, 0.15) is 0 Å². The SMILES string of the molecule is COC(=O)C1C=C(O)[O][Ge]([c]2c(C(C)C)cc(C(C)C)cc2C(C)C)([C](C)(C)C)[C]1=Pc1c(C(C)(C)C)cc(C(C)(C)C)cc1C(C)(C)C. The van der Waals surface area contributed by atoms with Crippen LogP contribution < -0.4 is 9.70 Å². The van der Waals surface area contributed by atoms with Gasteiger partial charge in [-0.25, -0.2) is 0 Å². The van der Waals surface area contributed by atoms with Crippen LogP contribution in [0.3, 0.4) is 0 Å². The number of aliphatic hydroxyl groups excluding tert-OH is 1. The molecular formula is C43H67GeO4P. The van der Waals surface area contributed by atoms with Crippen molar-refractivity contribution in [1.29, 1.82) is 0 Å². The van der Waals surface area contributed by atoms with Gasteiger partial charge in [0.15, 0.2) is 0 Å². The standard InChI is InChI=1S/C43H67GeO4P/c1-25(2)28-20-30(26(3)4)36(31(21-28)27(5)6)44(43(16,17)18)38(32(39(46)47-19)24-35(45)48-44)49-37-33(41(10,11)12)22-29(40(7,8)9)23-34(37)42(13,14)15/h20-27,32,45H,1-19H3. The molecule has 0 radical (unpaired) electrons. The minimum absolute atomic E-state index is 0.0386. The van der Waals surface area contributed by atoms with Gasteiger partial charge < -0.3 is 0 Å². The molecule has 0 fully saturated rings. The number of aliphatic hydroxyl groups is 1. The number of hydrogen-bond donors (Lipinski definition) is 1. The van der Waals surface area contributed by atoms with Gasteiger partial charge in [0, 0.05) is 0 Å². The minimum atomic E-state index is -4.29. The molecule has 0 spiro atoms. The molecular weight excluding hydrogens is 684 g/mol. The van der Waals surface area contributed by atoms with Crippen LogP contribution >= 0.6 is 8.20 Å². The molecule has 2 aromatic rings. The molecule has 1 aliphatic heterocycles. The Morgan fingerprint density at radius 2 is 1.20 bits per heavy atom. The van der Waals surface area contributed by atoms with E-state index >= 15 is 0 Å². The molecule has 0 bridgehead atoms. The first-order valence-electron chi connectivity index (χ1n) is 18.2. The van der Waals surface area contributed by atoms with E-state index in [0.29, 0.717) is 5.92 Å². The van der Waals surface area contributed by atoms with Crippen LogP contribution in [0.4, 0.5) is 0 Å². The predicted octanol–water partition coefficient (Wildman–Crippen LogP) is 11.1. The summed E-state index contributed by atoms with van der Waals surface area (Å²) in [6.45, 7) is 41.0. The monoisotopic (exact) mass is 752 g/mol. The quantitative estimate of drug-likeness (QED) is 0.181. The fourth-order valence-corrected chi connectivity index (χ4v) is 23.2. The van der Waals surface area contributed by atoms with E-state index in [0.717, 1.165) is 12.3 Å². The third kappa shape index (κ3) is 8.22. The van der Waals surface area contributed by atoms with Crippen molar-refractivity contribution >= 4 is 41.6 Å². The maximum atomic E-state index is 14.1. The van der Waals surface area contributed by atoms with Crippen LogP contribution in [0, 0.1) is 5.92 Å². The molecule has 0 saturated heterocycles. The molecule has 1 N–H and O–H groups in total. The molecule has 3 rings (SSSR count). The third-order valence-corrected chi connectivity index (χ3v) is 24.0. The normalized spacial score (nSPS) is 20.2. The van der Waals surface area contributed by atoms with Gasteiger partial charge in [-0.05, 0) is 0 Å². The first-order valence-corrected chi connectivity index (χ1v) is 23.1. The molecule has 6 heteroatoms. The van der Waals surface area contributed by atoms with Gasteiger partial charge in [-0.3, -0.25) is 0 Å². The summed E-state index contributed by atoms with van der Waals surface area (Å²) in [5, 5.41) is 12.9. The van der Waals surface area contributed by atoms with Crippen LogP contribution in [0.5, 0.6) is 0 Å². The van der Waals surface area contributed by atoms with E-state index in [9.17, 15) is 9.90 Å². The fourth-order valence-electron chi connectivity index (χ4n) is 7.04. The van der Waals surface area contributed by atoms with Crippen LogP contribution in [-0.2, 0) is 29.5 Å². The first-order chi connectivity index (χ1) is 22.1. The second kappa shape index (κ2) is 14.2. The maximum absolute atomic E-state index is 14.1. The summed E-state index contributed by atoms with van der Waals surface area (Å²) in [6, 6.07) is 9.58. The zero-order valence-corrected chi connectivity index (χ0v) is 37.3. The average Bonchev–Trinajstić information content (AvgIpc) is 2.94. The van der Waals surface area contributed by atoms with Crippen molar-refractivity contribution in [2.24, 2.45) is 5.92 Å². The van der Waals surface area contributed by atoms with E-state index in [4.69, 9.17) is 8.50 Å². The van der Waals surface area contributed by atoms with E-state index in [2.05, 4.69) is 149 Å². The number of carbonyl (C=O) groups is 1. The van der Waals surface area contributed by atoms with Gasteiger partial charge in [0.05, 0.1) is 0 Å². The van der Waals surface area contributed by atoms with Crippen LogP contribution in [0.15, 0.2) is 36.3 Å². The molecule has 2 unspecified atom stereocenters. The molecule has 1 heterocycles. The number of rotatable bonds is 6. The number of methoxy groups -OCH3 is 1. The molecule has 4 nitrogen and oxygen atoms in total. The molecule has 272 valence electrons. The Morgan fingerprint density at radius 3 is 1.53 bits per heavy atom. The molecule has 2 atom stereocenters. The topological polar surface area (TPSA) is 55.8 Å². The van der Waals surface area contributed by atoms with Gasteiger partial charge in [-0.1, -0.05) is 0 Å². The Kier molecular flexibility index (Phi) is 12.0. The molecule has 49 heavy (non-hydrogen) atoms. The zero-order valence-electron chi connectivity index (χ0n) is 34.3. The van der Waals surface area contributed by atoms with Crippen molar-refractivity contribution in [2.45, 2.75) is 163 Å². The zero-order chi connectivity index (χ0) is 37.8. The van der Waals surface area contributed by atoms with Crippen molar-refractivity contribution in [3.63, 3.8) is 0 Å². The van der Waals surface area contributed by atoms with E-state index in [1.165, 1.54) is 50.2 Å². The van der Waals surface area contributed by atoms with Crippen LogP contribution in [0.1, 0.15) is 176 Å². The number of ether oxygens (including phenoxy) is 1. The summed E-state index contributed by atoms with van der Waals surface area (Å²) in [7, 11) is 2.42. The average molecular weight is 752 g/mol. The number of hydrogen-bond acceptors (Lipinski definition) is 4. The van der Waals surface area contributed by atoms with E-state index in [1.54, 1.807) is 6.08 Å². The first kappa shape index (κ1) is 41.4. The number of esters is 1. The third-order valence-electron chi connectivity index (χ3n) is 10.0. The molecule has 2 aromatic carbocycles. The number of carbonyl (C=O) groups excluding carboxylic acids is 1. The van der Waals surface area contributed by atoms with Crippen molar-refractivity contribution in [3.05, 3.63) is 69.7 Å². The van der Waals surface area contributed by atoms with Gasteiger partial charge >= 0.3 is 306 Å². The van der Waals surface area contributed by atoms with Gasteiger partial charge in [-0.15, -0.1) is 0 Å². The molecule has 0 amide bonds. The predicted molar refractivity (Wildman–Crippen MR) is 215 cm³/mol. The Morgan fingerprint density at radius 1 is 0.755 bits per heavy atom. The summed E-state index contributed by atoms with van der Waals surface area (Å²) >= 11 is -4.29. The van der Waals surface area contributed by atoms with Crippen molar-refractivity contribution in [2.75, 3.05) is 7.11 Å². The summed E-state index contributed by atoms with van der Waals surface area (Å²) in [6.07, 6.45) is 1.60. The van der Waals surface area contributed by atoms with Gasteiger partial charge in [0.2, 0.25) is 0 Å². The molecule has 0 saturated carbocycles. The fraction of sp³-hybridized carbons (Fsp3) is 0.628. The van der Waals surface area contributed by atoms with Crippen molar-refractivity contribution in [3.8, 4) is 0 Å². The second-order valence-electron chi connectivity index (χ2n) is 19.2. The van der Waals surface area contributed by atoms with Crippen molar-refractivity contribution in [1.82, 2.24) is 0 Å². The summed E-state index contributed by atoms with van der Waals surface area (Å²) < 4.78 is 14.7. The summed E-state index contributed by atoms with van der Waals surface area (Å²) in [5.41, 5.74) is 7.36. The molecule has 1 aliphatic rings.